The van der Waals surface area contributed by atoms with Crippen LogP contribution in [0.1, 0.15) is 103 Å². The second kappa shape index (κ2) is 14.0. The van der Waals surface area contributed by atoms with Gasteiger partial charge in [-0.05, 0) is 38.3 Å². The molecule has 0 bridgehead atoms. The molecule has 0 spiro atoms. The molecule has 0 N–H and O–H groups in total. The second-order valence-electron chi connectivity index (χ2n) is 7.53. The van der Waals surface area contributed by atoms with E-state index < -0.39 is 0 Å². The molecule has 1 atom stereocenters. The van der Waals surface area contributed by atoms with Crippen LogP contribution in [0.2, 0.25) is 0 Å². The minimum absolute atomic E-state index is 0.277. The fourth-order valence-corrected chi connectivity index (χ4v) is 3.29. The van der Waals surface area contributed by atoms with Crippen LogP contribution in [-0.2, 0) is 0 Å². The van der Waals surface area contributed by atoms with E-state index in [0.29, 0.717) is 0 Å². The first-order chi connectivity index (χ1) is 12.1. The number of unbranched alkanes of at least 4 members (excludes halogenated alkanes) is 10. The van der Waals surface area contributed by atoms with Crippen LogP contribution in [0.5, 0.6) is 5.75 Å². The Hall–Kier alpha value is -1.24. The van der Waals surface area contributed by atoms with Crippen LogP contribution in [0.15, 0.2) is 30.8 Å². The summed E-state index contributed by atoms with van der Waals surface area (Å²) in [7, 11) is 0. The van der Waals surface area contributed by atoms with Gasteiger partial charge in [-0.2, -0.15) is 0 Å². The van der Waals surface area contributed by atoms with Gasteiger partial charge in [-0.3, -0.25) is 0 Å². The van der Waals surface area contributed by atoms with Gasteiger partial charge in [0.1, 0.15) is 5.75 Å². The molecule has 0 saturated carbocycles. The predicted octanol–water partition coefficient (Wildman–Crippen LogP) is 8.19. The van der Waals surface area contributed by atoms with Gasteiger partial charge < -0.3 is 4.74 Å². The molecule has 1 aromatic carbocycles. The summed E-state index contributed by atoms with van der Waals surface area (Å²) in [5, 5.41) is 0. The van der Waals surface area contributed by atoms with Gasteiger partial charge in [0.2, 0.25) is 0 Å². The van der Waals surface area contributed by atoms with E-state index >= 15 is 0 Å². The Balaban J connectivity index is 2.04. The maximum atomic E-state index is 6.14. The molecule has 0 saturated heterocycles. The molecule has 0 aliphatic carbocycles. The average Bonchev–Trinajstić information content (AvgIpc) is 2.60. The third-order valence-corrected chi connectivity index (χ3v) is 4.89. The van der Waals surface area contributed by atoms with Crippen molar-refractivity contribution in [3.8, 4) is 5.75 Å². The molecule has 0 aromatic heterocycles. The molecule has 1 heteroatoms. The summed E-state index contributed by atoms with van der Waals surface area (Å²) < 4.78 is 6.14. The molecule has 0 fully saturated rings. The molecule has 0 heterocycles. The number of rotatable bonds is 15. The van der Waals surface area contributed by atoms with Gasteiger partial charge in [0.05, 0.1) is 6.10 Å². The van der Waals surface area contributed by atoms with Crippen molar-refractivity contribution in [3.05, 3.63) is 36.4 Å². The van der Waals surface area contributed by atoms with Crippen molar-refractivity contribution in [2.24, 2.45) is 0 Å². The summed E-state index contributed by atoms with van der Waals surface area (Å²) >= 11 is 0. The summed E-state index contributed by atoms with van der Waals surface area (Å²) in [5.41, 5.74) is 2.20. The van der Waals surface area contributed by atoms with Crippen LogP contribution in [0.3, 0.4) is 0 Å². The number of benzene rings is 1. The summed E-state index contributed by atoms with van der Waals surface area (Å²) in [6.07, 6.45) is 16.7. The van der Waals surface area contributed by atoms with Crippen molar-refractivity contribution < 1.29 is 4.74 Å². The lowest BCUT2D eigenvalue weighted by Crippen LogP contribution is -2.12. The highest BCUT2D eigenvalue weighted by molar-refractivity contribution is 5.66. The SMILES string of the molecule is C=C(C)c1ccccc1OC(C)CCCCCCCCCCCCC. The lowest BCUT2D eigenvalue weighted by atomic mass is 10.0. The Morgan fingerprint density at radius 2 is 1.40 bits per heavy atom. The molecule has 1 rings (SSSR count). The second-order valence-corrected chi connectivity index (χ2v) is 7.53. The van der Waals surface area contributed by atoms with Crippen molar-refractivity contribution in [1.82, 2.24) is 0 Å². The van der Waals surface area contributed by atoms with Crippen molar-refractivity contribution in [1.29, 1.82) is 0 Å². The maximum absolute atomic E-state index is 6.14. The zero-order chi connectivity index (χ0) is 18.3. The van der Waals surface area contributed by atoms with E-state index in [0.717, 1.165) is 23.3 Å². The fraction of sp³-hybridized carbons (Fsp3) is 0.667. The van der Waals surface area contributed by atoms with Crippen molar-refractivity contribution in [3.63, 3.8) is 0 Å². The van der Waals surface area contributed by atoms with Crippen molar-refractivity contribution >= 4 is 5.57 Å². The first-order valence-corrected chi connectivity index (χ1v) is 10.6. The lowest BCUT2D eigenvalue weighted by molar-refractivity contribution is 0.205. The molecule has 142 valence electrons. The van der Waals surface area contributed by atoms with Crippen LogP contribution in [0, 0.1) is 0 Å². The zero-order valence-electron chi connectivity index (χ0n) is 17.0. The molecular formula is C24H40O. The van der Waals surface area contributed by atoms with Gasteiger partial charge in [-0.1, -0.05) is 95.9 Å². The molecule has 0 aliphatic heterocycles. The Morgan fingerprint density at radius 1 is 0.880 bits per heavy atom. The molecule has 0 aliphatic rings. The van der Waals surface area contributed by atoms with Crippen LogP contribution in [-0.4, -0.2) is 6.10 Å². The normalized spacial score (nSPS) is 12.1. The third-order valence-electron chi connectivity index (χ3n) is 4.89. The standard InChI is InChI=1S/C24H40O/c1-5-6-7-8-9-10-11-12-13-14-15-18-22(4)25-24-20-17-16-19-23(24)21(2)3/h16-17,19-20,22H,2,5-15,18H2,1,3-4H3. The average molecular weight is 345 g/mol. The number of allylic oxidation sites excluding steroid dienone is 1. The van der Waals surface area contributed by atoms with E-state index in [-0.39, 0.29) is 6.10 Å². The minimum atomic E-state index is 0.277. The van der Waals surface area contributed by atoms with Gasteiger partial charge in [-0.25, -0.2) is 0 Å². The molecular weight excluding hydrogens is 304 g/mol. The number of hydrogen-bond donors (Lipinski definition) is 0. The van der Waals surface area contributed by atoms with E-state index in [1.54, 1.807) is 0 Å². The van der Waals surface area contributed by atoms with Crippen molar-refractivity contribution in [2.45, 2.75) is 104 Å². The molecule has 25 heavy (non-hydrogen) atoms. The van der Waals surface area contributed by atoms with Gasteiger partial charge in [0, 0.05) is 5.56 Å². The fourth-order valence-electron chi connectivity index (χ4n) is 3.29. The van der Waals surface area contributed by atoms with Crippen molar-refractivity contribution in [2.75, 3.05) is 0 Å². The minimum Gasteiger partial charge on any atom is -0.490 e. The Kier molecular flexibility index (Phi) is 12.2. The lowest BCUT2D eigenvalue weighted by Gasteiger charge is -2.17. The van der Waals surface area contributed by atoms with Gasteiger partial charge in [0.15, 0.2) is 0 Å². The molecule has 1 nitrogen and oxygen atoms in total. The highest BCUT2D eigenvalue weighted by Gasteiger charge is 2.08. The zero-order valence-corrected chi connectivity index (χ0v) is 17.0. The Bertz CT molecular complexity index is 463. The highest BCUT2D eigenvalue weighted by Crippen LogP contribution is 2.26. The number of hydrogen-bond acceptors (Lipinski definition) is 1. The van der Waals surface area contributed by atoms with Gasteiger partial charge >= 0.3 is 0 Å². The van der Waals surface area contributed by atoms with Crippen LogP contribution in [0.25, 0.3) is 5.57 Å². The van der Waals surface area contributed by atoms with E-state index in [1.807, 2.05) is 19.1 Å². The smallest absolute Gasteiger partial charge is 0.127 e. The van der Waals surface area contributed by atoms with E-state index in [1.165, 1.54) is 70.6 Å². The van der Waals surface area contributed by atoms with Crippen LogP contribution >= 0.6 is 0 Å². The first kappa shape index (κ1) is 21.8. The first-order valence-electron chi connectivity index (χ1n) is 10.6. The Labute approximate surface area is 156 Å². The largest absolute Gasteiger partial charge is 0.490 e. The monoisotopic (exact) mass is 344 g/mol. The topological polar surface area (TPSA) is 9.23 Å². The van der Waals surface area contributed by atoms with Crippen LogP contribution < -0.4 is 4.74 Å². The predicted molar refractivity (Wildman–Crippen MR) is 112 cm³/mol. The molecule has 1 unspecified atom stereocenters. The third kappa shape index (κ3) is 10.4. The summed E-state index contributed by atoms with van der Waals surface area (Å²) in [6, 6.07) is 8.23. The molecule has 1 aromatic rings. The highest BCUT2D eigenvalue weighted by atomic mass is 16.5. The van der Waals surface area contributed by atoms with E-state index in [4.69, 9.17) is 4.74 Å². The van der Waals surface area contributed by atoms with Crippen LogP contribution in [0.4, 0.5) is 0 Å². The molecule has 0 amide bonds. The number of para-hydroxylation sites is 1. The summed E-state index contributed by atoms with van der Waals surface area (Å²) in [6.45, 7) is 10.6. The maximum Gasteiger partial charge on any atom is 0.127 e. The Morgan fingerprint density at radius 3 is 1.96 bits per heavy atom. The van der Waals surface area contributed by atoms with E-state index in [2.05, 4.69) is 32.6 Å². The van der Waals surface area contributed by atoms with E-state index in [9.17, 15) is 0 Å². The quantitative estimate of drug-likeness (QED) is 0.291. The van der Waals surface area contributed by atoms with Gasteiger partial charge in [0.25, 0.3) is 0 Å². The molecule has 0 radical (unpaired) electrons. The number of ether oxygens (including phenoxy) is 1. The van der Waals surface area contributed by atoms with Gasteiger partial charge in [-0.15, -0.1) is 0 Å². The summed E-state index contributed by atoms with van der Waals surface area (Å²) in [4.78, 5) is 0. The summed E-state index contributed by atoms with van der Waals surface area (Å²) in [5.74, 6) is 0.977.